The van der Waals surface area contributed by atoms with Crippen molar-refractivity contribution in [2.75, 3.05) is 5.32 Å². The van der Waals surface area contributed by atoms with Crippen molar-refractivity contribution < 1.29 is 4.92 Å². The molecule has 2 aromatic rings. The highest BCUT2D eigenvalue weighted by molar-refractivity contribution is 6.29. The Labute approximate surface area is 115 Å². The molecule has 0 aliphatic heterocycles. The first kappa shape index (κ1) is 13.3. The average molecular weight is 278 g/mol. The summed E-state index contributed by atoms with van der Waals surface area (Å²) in [7, 11) is 0. The number of para-hydroxylation sites is 1. The number of halogens is 1. The third kappa shape index (κ3) is 3.20. The third-order valence-corrected chi connectivity index (χ3v) is 2.84. The van der Waals surface area contributed by atoms with Crippen molar-refractivity contribution in [1.82, 2.24) is 4.98 Å². The van der Waals surface area contributed by atoms with E-state index in [-0.39, 0.29) is 10.8 Å². The zero-order valence-corrected chi connectivity index (χ0v) is 11.0. The number of nitrogens with one attached hydrogen (secondary N) is 1. The molecule has 6 heteroatoms. The summed E-state index contributed by atoms with van der Waals surface area (Å²) in [6.07, 6.45) is 0.853. The fraction of sp³-hybridized carbons (Fsp3) is 0.154. The fourth-order valence-electron chi connectivity index (χ4n) is 1.74. The second kappa shape index (κ2) is 5.67. The van der Waals surface area contributed by atoms with E-state index < -0.39 is 4.92 Å². The minimum Gasteiger partial charge on any atom is -0.340 e. The van der Waals surface area contributed by atoms with Gasteiger partial charge in [0.05, 0.1) is 17.1 Å². The van der Waals surface area contributed by atoms with Gasteiger partial charge in [-0.2, -0.15) is 0 Å². The van der Waals surface area contributed by atoms with Crippen LogP contribution in [0.4, 0.5) is 17.2 Å². The van der Waals surface area contributed by atoms with Gasteiger partial charge in [0.2, 0.25) is 0 Å². The summed E-state index contributed by atoms with van der Waals surface area (Å²) in [6.45, 7) is 2.04. The first-order chi connectivity index (χ1) is 9.10. The Morgan fingerprint density at radius 2 is 2.11 bits per heavy atom. The minimum absolute atomic E-state index is 0.0866. The Hall–Kier alpha value is -2.14. The largest absolute Gasteiger partial charge is 0.340 e. The lowest BCUT2D eigenvalue weighted by atomic mass is 10.1. The molecular formula is C13H12ClN3O2. The maximum absolute atomic E-state index is 10.8. The summed E-state index contributed by atoms with van der Waals surface area (Å²) >= 11 is 5.78. The minimum atomic E-state index is -0.496. The second-order valence-corrected chi connectivity index (χ2v) is 4.31. The highest BCUT2D eigenvalue weighted by atomic mass is 35.5. The predicted molar refractivity (Wildman–Crippen MR) is 75.0 cm³/mol. The van der Waals surface area contributed by atoms with Crippen LogP contribution in [0.25, 0.3) is 0 Å². The van der Waals surface area contributed by atoms with E-state index in [1.807, 2.05) is 31.2 Å². The van der Waals surface area contributed by atoms with Crippen molar-refractivity contribution >= 4 is 28.8 Å². The number of aryl methyl sites for hydroxylation is 1. The lowest BCUT2D eigenvalue weighted by Crippen LogP contribution is -1.99. The summed E-state index contributed by atoms with van der Waals surface area (Å²) in [6, 6.07) is 10.3. The Morgan fingerprint density at radius 1 is 1.37 bits per heavy atom. The van der Waals surface area contributed by atoms with Crippen molar-refractivity contribution in [2.45, 2.75) is 13.3 Å². The summed E-state index contributed by atoms with van der Waals surface area (Å²) in [5.41, 5.74) is 1.89. The topological polar surface area (TPSA) is 68.1 Å². The molecule has 98 valence electrons. The monoisotopic (exact) mass is 277 g/mol. The molecule has 0 saturated carbocycles. The number of aromatic nitrogens is 1. The molecule has 0 aliphatic carbocycles. The normalized spacial score (nSPS) is 10.2. The van der Waals surface area contributed by atoms with E-state index in [4.69, 9.17) is 11.6 Å². The summed E-state index contributed by atoms with van der Waals surface area (Å²) < 4.78 is 0. The summed E-state index contributed by atoms with van der Waals surface area (Å²) in [5, 5.41) is 13.9. The van der Waals surface area contributed by atoms with Crippen LogP contribution in [0, 0.1) is 10.1 Å². The van der Waals surface area contributed by atoms with Crippen LogP contribution in [0.5, 0.6) is 0 Å². The first-order valence-corrected chi connectivity index (χ1v) is 6.15. The van der Waals surface area contributed by atoms with E-state index in [1.165, 1.54) is 12.1 Å². The van der Waals surface area contributed by atoms with E-state index in [1.54, 1.807) is 0 Å². The van der Waals surface area contributed by atoms with Gasteiger partial charge in [0.25, 0.3) is 5.69 Å². The molecule has 0 bridgehead atoms. The van der Waals surface area contributed by atoms with Gasteiger partial charge in [0, 0.05) is 5.69 Å². The molecule has 0 radical (unpaired) electrons. The molecule has 1 N–H and O–H groups in total. The van der Waals surface area contributed by atoms with Crippen molar-refractivity contribution in [2.24, 2.45) is 0 Å². The van der Waals surface area contributed by atoms with Gasteiger partial charge < -0.3 is 5.32 Å². The van der Waals surface area contributed by atoms with Gasteiger partial charge >= 0.3 is 0 Å². The van der Waals surface area contributed by atoms with Crippen LogP contribution in [0.15, 0.2) is 36.4 Å². The van der Waals surface area contributed by atoms with Crippen LogP contribution < -0.4 is 5.32 Å². The number of benzene rings is 1. The lowest BCUT2D eigenvalue weighted by molar-refractivity contribution is -0.384. The molecule has 0 amide bonds. The number of nitrogens with zero attached hydrogens (tertiary/aromatic N) is 2. The molecule has 0 fully saturated rings. The highest BCUT2D eigenvalue weighted by Crippen LogP contribution is 2.25. The molecule has 0 spiro atoms. The van der Waals surface area contributed by atoms with Gasteiger partial charge in [-0.15, -0.1) is 0 Å². The third-order valence-electron chi connectivity index (χ3n) is 2.65. The van der Waals surface area contributed by atoms with Crippen molar-refractivity contribution in [3.63, 3.8) is 0 Å². The standard InChI is InChI=1S/C13H12ClN3O2/c1-2-9-5-3-4-6-11(9)15-13-8-10(17(18)19)7-12(14)16-13/h3-8H,2H2,1H3,(H,15,16). The van der Waals surface area contributed by atoms with E-state index in [2.05, 4.69) is 10.3 Å². The molecule has 5 nitrogen and oxygen atoms in total. The quantitative estimate of drug-likeness (QED) is 0.522. The van der Waals surface area contributed by atoms with Crippen LogP contribution in [0.3, 0.4) is 0 Å². The summed E-state index contributed by atoms with van der Waals surface area (Å²) in [5.74, 6) is 0.361. The zero-order valence-electron chi connectivity index (χ0n) is 10.3. The number of anilines is 2. The molecular weight excluding hydrogens is 266 g/mol. The van der Waals surface area contributed by atoms with Gasteiger partial charge in [-0.25, -0.2) is 4.98 Å². The number of hydrogen-bond acceptors (Lipinski definition) is 4. The van der Waals surface area contributed by atoms with Gasteiger partial charge in [0.1, 0.15) is 11.0 Å². The Balaban J connectivity index is 2.35. The molecule has 19 heavy (non-hydrogen) atoms. The SMILES string of the molecule is CCc1ccccc1Nc1cc([N+](=O)[O-])cc(Cl)n1. The molecule has 1 heterocycles. The highest BCUT2D eigenvalue weighted by Gasteiger charge is 2.11. The van der Waals surface area contributed by atoms with E-state index in [0.717, 1.165) is 17.7 Å². The number of hydrogen-bond donors (Lipinski definition) is 1. The smallest absolute Gasteiger partial charge is 0.276 e. The van der Waals surface area contributed by atoms with E-state index in [0.29, 0.717) is 5.82 Å². The van der Waals surface area contributed by atoms with Crippen LogP contribution in [-0.2, 0) is 6.42 Å². The Bertz CT molecular complexity index is 617. The van der Waals surface area contributed by atoms with E-state index >= 15 is 0 Å². The van der Waals surface area contributed by atoms with Crippen molar-refractivity contribution in [1.29, 1.82) is 0 Å². The van der Waals surface area contributed by atoms with Crippen LogP contribution in [0.1, 0.15) is 12.5 Å². The average Bonchev–Trinajstić information content (AvgIpc) is 2.38. The van der Waals surface area contributed by atoms with Crippen LogP contribution >= 0.6 is 11.6 Å². The fourth-order valence-corrected chi connectivity index (χ4v) is 1.94. The molecule has 1 aromatic heterocycles. The second-order valence-electron chi connectivity index (χ2n) is 3.93. The van der Waals surface area contributed by atoms with Crippen LogP contribution in [-0.4, -0.2) is 9.91 Å². The zero-order chi connectivity index (χ0) is 13.8. The molecule has 0 aliphatic rings. The molecule has 0 unspecified atom stereocenters. The Kier molecular flexibility index (Phi) is 3.97. The summed E-state index contributed by atoms with van der Waals surface area (Å²) in [4.78, 5) is 14.3. The Morgan fingerprint density at radius 3 is 2.79 bits per heavy atom. The lowest BCUT2D eigenvalue weighted by Gasteiger charge is -2.10. The van der Waals surface area contributed by atoms with Gasteiger partial charge in [-0.3, -0.25) is 10.1 Å². The van der Waals surface area contributed by atoms with Crippen molar-refractivity contribution in [3.8, 4) is 0 Å². The number of rotatable bonds is 4. The van der Waals surface area contributed by atoms with Gasteiger partial charge in [-0.05, 0) is 18.1 Å². The molecule has 0 atom stereocenters. The van der Waals surface area contributed by atoms with Gasteiger partial charge in [0.15, 0.2) is 0 Å². The molecule has 1 aromatic carbocycles. The maximum Gasteiger partial charge on any atom is 0.276 e. The molecule has 2 rings (SSSR count). The van der Waals surface area contributed by atoms with E-state index in [9.17, 15) is 10.1 Å². The predicted octanol–water partition coefficient (Wildman–Crippen LogP) is 3.95. The van der Waals surface area contributed by atoms with Crippen molar-refractivity contribution in [3.05, 3.63) is 57.2 Å². The van der Waals surface area contributed by atoms with Gasteiger partial charge in [-0.1, -0.05) is 36.7 Å². The number of nitro groups is 1. The number of pyridine rings is 1. The van der Waals surface area contributed by atoms with Crippen LogP contribution in [0.2, 0.25) is 5.15 Å². The first-order valence-electron chi connectivity index (χ1n) is 5.77. The maximum atomic E-state index is 10.8. The molecule has 0 saturated heterocycles.